The van der Waals surface area contributed by atoms with Gasteiger partial charge in [0.25, 0.3) is 0 Å². The maximum Gasteiger partial charge on any atom is 0.385 e. The zero-order chi connectivity index (χ0) is 29.5. The Morgan fingerprint density at radius 3 is 0.514 bits per heavy atom. The Bertz CT molecular complexity index is 713. The van der Waals surface area contributed by atoms with Gasteiger partial charge in [0.05, 0.1) is 0 Å². The van der Waals surface area contributed by atoms with E-state index in [4.69, 9.17) is 0 Å². The molecule has 0 aliphatic carbocycles. The van der Waals surface area contributed by atoms with Crippen molar-refractivity contribution in [2.75, 3.05) is 0 Å². The fourth-order valence-corrected chi connectivity index (χ4v) is 2.13. The molecule has 0 nitrogen and oxygen atoms in total. The van der Waals surface area contributed by atoms with Gasteiger partial charge in [-0.2, -0.15) is 87.8 Å². The smallest absolute Gasteiger partial charge is 0.200 e. The van der Waals surface area contributed by atoms with Crippen LogP contribution in [0.4, 0.5) is 87.8 Å². The Balaban J connectivity index is 7.15. The largest absolute Gasteiger partial charge is 0.385 e. The van der Waals surface area contributed by atoms with Crippen molar-refractivity contribution in [1.82, 2.24) is 0 Å². The molecule has 35 heavy (non-hydrogen) atoms. The van der Waals surface area contributed by atoms with E-state index in [9.17, 15) is 87.8 Å². The lowest BCUT2D eigenvalue weighted by Gasteiger charge is -2.46. The maximum absolute atomic E-state index is 13.7. The van der Waals surface area contributed by atoms with Gasteiger partial charge in [0, 0.05) is 12.3 Å². The molecular formula is C15H12F20. The highest BCUT2D eigenvalue weighted by Crippen LogP contribution is 2.67. The molecule has 0 aliphatic rings. The molecule has 0 aromatic heterocycles. The highest BCUT2D eigenvalue weighted by atomic mass is 19.4. The molecule has 0 amide bonds. The average Bonchev–Trinajstić information content (AvgIpc) is 2.58. The summed E-state index contributed by atoms with van der Waals surface area (Å²) in [4.78, 5) is 0. The molecule has 0 fully saturated rings. The van der Waals surface area contributed by atoms with Gasteiger partial charge < -0.3 is 0 Å². The van der Waals surface area contributed by atoms with E-state index in [0.717, 1.165) is 0 Å². The van der Waals surface area contributed by atoms with Crippen LogP contribution < -0.4 is 0 Å². The van der Waals surface area contributed by atoms with Crippen LogP contribution in [0.3, 0.4) is 0 Å². The molecule has 0 aromatic carbocycles. The minimum absolute atomic E-state index is 0.0937. The van der Waals surface area contributed by atoms with Crippen molar-refractivity contribution in [3.63, 3.8) is 0 Å². The summed E-state index contributed by atoms with van der Waals surface area (Å²) in [5, 5.41) is 0. The molecule has 0 spiro atoms. The van der Waals surface area contributed by atoms with Crippen molar-refractivity contribution in [1.29, 1.82) is 0 Å². The molecule has 0 saturated carbocycles. The molecule has 0 aromatic rings. The lowest BCUT2D eigenvalue weighted by Crippen LogP contribution is -2.77. The molecule has 20 heteroatoms. The minimum Gasteiger partial charge on any atom is -0.200 e. The van der Waals surface area contributed by atoms with Gasteiger partial charge in [-0.05, 0) is 0 Å². The number of hydrogen-bond donors (Lipinski definition) is 0. The Kier molecular flexibility index (Phi) is 7.49. The second-order valence-electron chi connectivity index (χ2n) is 8.31. The van der Waals surface area contributed by atoms with E-state index in [1.165, 1.54) is 0 Å². The first-order valence-corrected chi connectivity index (χ1v) is 8.28. The number of rotatable bonds is 9. The quantitative estimate of drug-likeness (QED) is 0.244. The van der Waals surface area contributed by atoms with Gasteiger partial charge in [0.1, 0.15) is 0 Å². The van der Waals surface area contributed by atoms with Gasteiger partial charge in [-0.3, -0.25) is 0 Å². The van der Waals surface area contributed by atoms with Crippen molar-refractivity contribution in [2.45, 2.75) is 86.9 Å². The highest BCUT2D eigenvalue weighted by Gasteiger charge is 2.97. The van der Waals surface area contributed by atoms with E-state index in [2.05, 4.69) is 0 Å². The van der Waals surface area contributed by atoms with Crippen molar-refractivity contribution >= 4 is 0 Å². The summed E-state index contributed by atoms with van der Waals surface area (Å²) in [5.74, 6) is -81.1. The highest BCUT2D eigenvalue weighted by molar-refractivity contribution is 5.18. The summed E-state index contributed by atoms with van der Waals surface area (Å²) in [5.41, 5.74) is -3.57. The van der Waals surface area contributed by atoms with Crippen LogP contribution in [0.5, 0.6) is 0 Å². The number of halogens is 20. The zero-order valence-corrected chi connectivity index (χ0v) is 17.1. The lowest BCUT2D eigenvalue weighted by molar-refractivity contribution is -0.471. The summed E-state index contributed by atoms with van der Waals surface area (Å²) >= 11 is 0. The van der Waals surface area contributed by atoms with Crippen molar-refractivity contribution in [2.24, 2.45) is 5.41 Å². The van der Waals surface area contributed by atoms with Crippen LogP contribution in [0.1, 0.15) is 27.7 Å². The molecule has 0 aliphatic heterocycles. The molecule has 0 heterocycles. The molecule has 212 valence electrons. The number of alkyl halides is 20. The molecule has 0 atom stereocenters. The lowest BCUT2D eigenvalue weighted by atomic mass is 9.78. The summed E-state index contributed by atoms with van der Waals surface area (Å²) in [7, 11) is 0. The third-order valence-electron chi connectivity index (χ3n) is 4.65. The van der Waals surface area contributed by atoms with Crippen LogP contribution in [-0.4, -0.2) is 59.2 Å². The fourth-order valence-electron chi connectivity index (χ4n) is 2.13. The van der Waals surface area contributed by atoms with Crippen molar-refractivity contribution < 1.29 is 87.8 Å². The second-order valence-corrected chi connectivity index (χ2v) is 8.31. The Morgan fingerprint density at radius 2 is 0.371 bits per heavy atom. The third-order valence-corrected chi connectivity index (χ3v) is 4.65. The summed E-state index contributed by atoms with van der Waals surface area (Å²) in [6.07, 6.45) is 0. The number of hydrogen-bond acceptors (Lipinski definition) is 0. The molecular weight excluding hydrogens is 560 g/mol. The molecule has 0 saturated heterocycles. The summed E-state index contributed by atoms with van der Waals surface area (Å²) in [6, 6.07) is 0. The van der Waals surface area contributed by atoms with Gasteiger partial charge >= 0.3 is 59.2 Å². The van der Waals surface area contributed by atoms with Crippen molar-refractivity contribution in [3.05, 3.63) is 0 Å². The SMILES string of the molecule is CC(C)(C)C(F)(F)C(F)(F)C(F)(F)C(F)(F)C(F)(F)C(F)(F)C(F)(F)C(F)(F)C(F)(F)C(C)(F)F. The third kappa shape index (κ3) is 3.89. The average molecular weight is 572 g/mol. The van der Waals surface area contributed by atoms with Crippen LogP contribution in [-0.2, 0) is 0 Å². The Morgan fingerprint density at radius 1 is 0.229 bits per heavy atom. The van der Waals surface area contributed by atoms with Crippen LogP contribution in [0.15, 0.2) is 0 Å². The van der Waals surface area contributed by atoms with Gasteiger partial charge in [0.15, 0.2) is 0 Å². The normalized spacial score (nSPS) is 17.1. The first-order chi connectivity index (χ1) is 14.5. The molecule has 0 bridgehead atoms. The molecule has 0 rings (SSSR count). The van der Waals surface area contributed by atoms with Crippen LogP contribution in [0.2, 0.25) is 0 Å². The molecule has 0 N–H and O–H groups in total. The fraction of sp³-hybridized carbons (Fsp3) is 1.00. The second kappa shape index (κ2) is 7.80. The maximum atomic E-state index is 13.7. The predicted molar refractivity (Wildman–Crippen MR) is 74.6 cm³/mol. The molecule has 0 radical (unpaired) electrons. The Hall–Kier alpha value is -1.40. The topological polar surface area (TPSA) is 0 Å². The standard InChI is InChI=1S/C15H12F20/c1-5(2,3)7(18,19)9(22,23)11(26,27)13(30,31)15(34,35)14(32,33)12(28,29)10(24,25)8(20,21)6(4,16)17/h1-4H3. The van der Waals surface area contributed by atoms with Crippen molar-refractivity contribution in [3.8, 4) is 0 Å². The zero-order valence-electron chi connectivity index (χ0n) is 17.1. The first kappa shape index (κ1) is 33.6. The van der Waals surface area contributed by atoms with Gasteiger partial charge in [-0.25, -0.2) is 0 Å². The Labute approximate surface area is 181 Å². The van der Waals surface area contributed by atoms with Crippen LogP contribution in [0, 0.1) is 5.41 Å². The van der Waals surface area contributed by atoms with E-state index in [1.807, 2.05) is 0 Å². The van der Waals surface area contributed by atoms with E-state index < -0.39 is 71.6 Å². The van der Waals surface area contributed by atoms with E-state index >= 15 is 0 Å². The summed E-state index contributed by atoms with van der Waals surface area (Å²) in [6.45, 7) is -1.64. The summed E-state index contributed by atoms with van der Waals surface area (Å²) < 4.78 is 268. The van der Waals surface area contributed by atoms with Gasteiger partial charge in [-0.15, -0.1) is 0 Å². The van der Waals surface area contributed by atoms with E-state index in [-0.39, 0.29) is 20.8 Å². The predicted octanol–water partition coefficient (Wildman–Crippen LogP) is 8.41. The van der Waals surface area contributed by atoms with E-state index in [0.29, 0.717) is 0 Å². The van der Waals surface area contributed by atoms with E-state index in [1.54, 1.807) is 0 Å². The van der Waals surface area contributed by atoms with Crippen LogP contribution in [0.25, 0.3) is 0 Å². The minimum atomic E-state index is -8.98. The van der Waals surface area contributed by atoms with Gasteiger partial charge in [0.2, 0.25) is 0 Å². The first-order valence-electron chi connectivity index (χ1n) is 8.28. The monoisotopic (exact) mass is 572 g/mol. The molecule has 0 unspecified atom stereocenters. The van der Waals surface area contributed by atoms with Crippen LogP contribution >= 0.6 is 0 Å². The van der Waals surface area contributed by atoms with Gasteiger partial charge in [-0.1, -0.05) is 20.8 Å².